The van der Waals surface area contributed by atoms with E-state index in [1.807, 2.05) is 6.20 Å². The molecule has 4 rings (SSSR count). The van der Waals surface area contributed by atoms with Crippen LogP contribution in [0.4, 0.5) is 13.2 Å². The Hall–Kier alpha value is -2.89. The molecule has 0 bridgehead atoms. The first-order valence-electron chi connectivity index (χ1n) is 9.78. The molecule has 0 saturated heterocycles. The van der Waals surface area contributed by atoms with E-state index in [2.05, 4.69) is 10.4 Å². The predicted molar refractivity (Wildman–Crippen MR) is 115 cm³/mol. The van der Waals surface area contributed by atoms with Crippen molar-refractivity contribution >= 4 is 38.5 Å². The van der Waals surface area contributed by atoms with Crippen LogP contribution in [-0.4, -0.2) is 51.7 Å². The molecule has 0 radical (unpaired) electrons. The molecule has 7 nitrogen and oxygen atoms in total. The van der Waals surface area contributed by atoms with Crippen molar-refractivity contribution < 1.29 is 27.8 Å². The van der Waals surface area contributed by atoms with Crippen LogP contribution in [0.2, 0.25) is 0 Å². The smallest absolute Gasteiger partial charge is 0.394 e. The number of nitrogens with zero attached hydrogens (tertiary/aromatic N) is 3. The molecule has 1 atom stereocenters. The van der Waals surface area contributed by atoms with Gasteiger partial charge in [-0.25, -0.2) is 0 Å². The maximum Gasteiger partial charge on any atom is 0.416 e. The van der Waals surface area contributed by atoms with Crippen LogP contribution >= 0.6 is 11.3 Å². The Morgan fingerprint density at radius 3 is 2.62 bits per heavy atom. The first-order chi connectivity index (χ1) is 15.2. The zero-order chi connectivity index (χ0) is 23.0. The maximum atomic E-state index is 13.0. The molecule has 3 heterocycles. The topological polar surface area (TPSA) is 81.3 Å². The van der Waals surface area contributed by atoms with Gasteiger partial charge in [-0.15, -0.1) is 11.3 Å². The quantitative estimate of drug-likeness (QED) is 0.435. The standard InChI is InChI=1S/C21H21F3N4O3S/c1-27-10-16-15-9-17(19(30)25-13(11-29)7-8-31-2)32-20(15)28(18(16)26-27)14-5-3-12(4-6-14)21(22,23)24/h3-6,9-10,13,29H,7-8,11H2,1-2H3,(H,25,30)/t13-/m0/s1. The highest BCUT2D eigenvalue weighted by atomic mass is 32.1. The number of hydrogen-bond acceptors (Lipinski definition) is 5. The number of carbonyl (C=O) groups is 1. The molecule has 0 unspecified atom stereocenters. The van der Waals surface area contributed by atoms with Crippen molar-refractivity contribution in [2.24, 2.45) is 7.05 Å². The maximum absolute atomic E-state index is 13.0. The lowest BCUT2D eigenvalue weighted by atomic mass is 10.2. The zero-order valence-corrected chi connectivity index (χ0v) is 18.1. The van der Waals surface area contributed by atoms with Crippen LogP contribution in [-0.2, 0) is 18.0 Å². The number of aryl methyl sites for hydroxylation is 1. The van der Waals surface area contributed by atoms with Crippen molar-refractivity contribution in [2.45, 2.75) is 18.6 Å². The van der Waals surface area contributed by atoms with Crippen LogP contribution in [0.5, 0.6) is 0 Å². The summed E-state index contributed by atoms with van der Waals surface area (Å²) in [5.74, 6) is -0.336. The van der Waals surface area contributed by atoms with Crippen molar-refractivity contribution in [1.29, 1.82) is 0 Å². The van der Waals surface area contributed by atoms with Crippen LogP contribution in [0.25, 0.3) is 26.9 Å². The van der Waals surface area contributed by atoms with Gasteiger partial charge >= 0.3 is 6.18 Å². The fourth-order valence-corrected chi connectivity index (χ4v) is 4.64. The van der Waals surface area contributed by atoms with E-state index in [4.69, 9.17) is 4.74 Å². The van der Waals surface area contributed by atoms with Crippen LogP contribution in [0.1, 0.15) is 21.7 Å². The van der Waals surface area contributed by atoms with Gasteiger partial charge in [0.25, 0.3) is 5.91 Å². The van der Waals surface area contributed by atoms with Gasteiger partial charge in [0.2, 0.25) is 0 Å². The molecule has 0 spiro atoms. The molecule has 0 saturated carbocycles. The predicted octanol–water partition coefficient (Wildman–Crippen LogP) is 3.72. The largest absolute Gasteiger partial charge is 0.416 e. The molecular weight excluding hydrogens is 445 g/mol. The summed E-state index contributed by atoms with van der Waals surface area (Å²) >= 11 is 1.22. The summed E-state index contributed by atoms with van der Waals surface area (Å²) in [5, 5.41) is 18.3. The molecule has 4 aromatic rings. The van der Waals surface area contributed by atoms with Crippen LogP contribution in [0.15, 0.2) is 36.5 Å². The number of amides is 1. The monoisotopic (exact) mass is 466 g/mol. The number of rotatable bonds is 7. The van der Waals surface area contributed by atoms with Crippen molar-refractivity contribution in [3.8, 4) is 5.69 Å². The highest BCUT2D eigenvalue weighted by Crippen LogP contribution is 2.37. The van der Waals surface area contributed by atoms with Crippen molar-refractivity contribution in [2.75, 3.05) is 20.3 Å². The van der Waals surface area contributed by atoms with E-state index in [1.54, 1.807) is 29.5 Å². The van der Waals surface area contributed by atoms with Gasteiger partial charge in [0.05, 0.1) is 23.1 Å². The highest BCUT2D eigenvalue weighted by Gasteiger charge is 2.30. The highest BCUT2D eigenvalue weighted by molar-refractivity contribution is 7.20. The van der Waals surface area contributed by atoms with Gasteiger partial charge in [-0.3, -0.25) is 14.0 Å². The van der Waals surface area contributed by atoms with E-state index >= 15 is 0 Å². The average Bonchev–Trinajstić information content (AvgIpc) is 3.40. The van der Waals surface area contributed by atoms with Gasteiger partial charge in [-0.2, -0.15) is 18.3 Å². The summed E-state index contributed by atoms with van der Waals surface area (Å²) in [6.45, 7) is 0.178. The molecule has 0 aliphatic rings. The molecule has 0 fully saturated rings. The number of aliphatic hydroxyl groups excluding tert-OH is 1. The summed E-state index contributed by atoms with van der Waals surface area (Å²) in [4.78, 5) is 13.9. The SMILES string of the molecule is COCC[C@@H](CO)NC(=O)c1cc2c3cn(C)nc3n(-c3ccc(C(F)(F)F)cc3)c2s1. The fourth-order valence-electron chi connectivity index (χ4n) is 3.55. The lowest BCUT2D eigenvalue weighted by Crippen LogP contribution is -2.37. The van der Waals surface area contributed by atoms with E-state index in [0.717, 1.165) is 22.9 Å². The zero-order valence-electron chi connectivity index (χ0n) is 17.3. The third kappa shape index (κ3) is 4.10. The lowest BCUT2D eigenvalue weighted by Gasteiger charge is -2.15. The summed E-state index contributed by atoms with van der Waals surface area (Å²) < 4.78 is 47.3. The number of thiophene rings is 1. The number of alkyl halides is 3. The van der Waals surface area contributed by atoms with Gasteiger partial charge in [0.1, 0.15) is 4.83 Å². The molecule has 1 aromatic carbocycles. The Morgan fingerprint density at radius 2 is 2.00 bits per heavy atom. The van der Waals surface area contributed by atoms with Crippen molar-refractivity contribution in [3.05, 3.63) is 47.0 Å². The number of hydrogen-bond donors (Lipinski definition) is 2. The Morgan fingerprint density at radius 1 is 1.28 bits per heavy atom. The molecule has 170 valence electrons. The molecule has 11 heteroatoms. The number of halogens is 3. The van der Waals surface area contributed by atoms with Gasteiger partial charge < -0.3 is 15.2 Å². The fraction of sp³-hybridized carbons (Fsp3) is 0.333. The molecule has 32 heavy (non-hydrogen) atoms. The number of fused-ring (bicyclic) bond motifs is 3. The first kappa shape index (κ1) is 22.3. The van der Waals surface area contributed by atoms with E-state index in [0.29, 0.717) is 34.1 Å². The number of ether oxygens (including phenoxy) is 1. The molecule has 1 amide bonds. The van der Waals surface area contributed by atoms with Crippen LogP contribution < -0.4 is 5.32 Å². The second-order valence-electron chi connectivity index (χ2n) is 7.38. The average molecular weight is 466 g/mol. The minimum atomic E-state index is -4.43. The summed E-state index contributed by atoms with van der Waals surface area (Å²) in [6, 6.07) is 6.13. The number of carbonyl (C=O) groups excluding carboxylic acids is 1. The molecule has 3 aromatic heterocycles. The third-order valence-corrected chi connectivity index (χ3v) is 6.25. The molecule has 0 aliphatic heterocycles. The summed E-state index contributed by atoms with van der Waals surface area (Å²) in [7, 11) is 3.30. The van der Waals surface area contributed by atoms with Crippen LogP contribution in [0.3, 0.4) is 0 Å². The minimum Gasteiger partial charge on any atom is -0.394 e. The van der Waals surface area contributed by atoms with Crippen molar-refractivity contribution in [1.82, 2.24) is 19.7 Å². The Labute approximate surface area is 185 Å². The Bertz CT molecular complexity index is 1260. The normalized spacial score (nSPS) is 13.2. The molecule has 0 aliphatic carbocycles. The number of methoxy groups -OCH3 is 1. The van der Waals surface area contributed by atoms with E-state index in [1.165, 1.54) is 23.5 Å². The van der Waals surface area contributed by atoms with E-state index < -0.39 is 17.8 Å². The lowest BCUT2D eigenvalue weighted by molar-refractivity contribution is -0.137. The number of benzene rings is 1. The Kier molecular flexibility index (Phi) is 5.97. The van der Waals surface area contributed by atoms with E-state index in [-0.39, 0.29) is 12.5 Å². The minimum absolute atomic E-state index is 0.218. The Balaban J connectivity index is 1.76. The van der Waals surface area contributed by atoms with Crippen LogP contribution in [0, 0.1) is 0 Å². The summed E-state index contributed by atoms with van der Waals surface area (Å²) in [6.07, 6.45) is -2.15. The van der Waals surface area contributed by atoms with E-state index in [9.17, 15) is 23.1 Å². The first-order valence-corrected chi connectivity index (χ1v) is 10.6. The summed E-state index contributed by atoms with van der Waals surface area (Å²) in [5.41, 5.74) is 0.367. The number of nitrogens with one attached hydrogen (secondary N) is 1. The molecule has 2 N–H and O–H groups in total. The second kappa shape index (κ2) is 8.57. The molecular formula is C21H21F3N4O3S. The second-order valence-corrected chi connectivity index (χ2v) is 8.41. The van der Waals surface area contributed by atoms with Gasteiger partial charge in [0.15, 0.2) is 5.65 Å². The van der Waals surface area contributed by atoms with Crippen molar-refractivity contribution in [3.63, 3.8) is 0 Å². The number of aromatic nitrogens is 3. The van der Waals surface area contributed by atoms with Gasteiger partial charge in [0, 0.05) is 43.4 Å². The van der Waals surface area contributed by atoms with Gasteiger partial charge in [-0.05, 0) is 36.8 Å². The number of aliphatic hydroxyl groups is 1. The van der Waals surface area contributed by atoms with Gasteiger partial charge in [-0.1, -0.05) is 0 Å². The third-order valence-electron chi connectivity index (χ3n) is 5.13.